The van der Waals surface area contributed by atoms with Crippen LogP contribution in [0, 0.1) is 38.5 Å². The van der Waals surface area contributed by atoms with E-state index in [0.29, 0.717) is 28.9 Å². The largest absolute Gasteiger partial charge is 0.461 e. The molecule has 1 saturated heterocycles. The second-order valence-electron chi connectivity index (χ2n) is 12.7. The Morgan fingerprint density at radius 2 is 1.69 bits per heavy atom. The fourth-order valence-corrected chi connectivity index (χ4v) is 7.54. The number of aromatic nitrogens is 3. The van der Waals surface area contributed by atoms with Gasteiger partial charge in [0.15, 0.2) is 5.78 Å². The predicted octanol–water partition coefficient (Wildman–Crippen LogP) is 4.16. The molecule has 6 rings (SSSR count). The monoisotopic (exact) mass is 649 g/mol. The maximum Gasteiger partial charge on any atom is 0.322 e. The van der Waals surface area contributed by atoms with Crippen LogP contribution in [0.25, 0.3) is 29.9 Å². The average Bonchev–Trinajstić information content (AvgIpc) is 3.80. The number of esters is 2. The molecule has 0 amide bonds. The molecule has 0 saturated carbocycles. The molecular formula is C38H43N5O5. The number of allylic oxidation sites excluding steroid dienone is 2. The summed E-state index contributed by atoms with van der Waals surface area (Å²) in [5.74, 6) is -2.97. The van der Waals surface area contributed by atoms with Crippen molar-refractivity contribution >= 4 is 47.6 Å². The number of aromatic amines is 3. The van der Waals surface area contributed by atoms with E-state index in [4.69, 9.17) is 15.2 Å². The van der Waals surface area contributed by atoms with E-state index in [2.05, 4.69) is 73.3 Å². The molecule has 6 N–H and O–H groups in total. The minimum absolute atomic E-state index is 0.106. The number of ether oxygens (including phenoxy) is 2. The first-order valence-corrected chi connectivity index (χ1v) is 16.4. The number of carbonyl (C=O) groups excluding carboxylic acids is 3. The van der Waals surface area contributed by atoms with Crippen molar-refractivity contribution in [3.8, 4) is 0 Å². The lowest BCUT2D eigenvalue weighted by atomic mass is 9.85. The van der Waals surface area contributed by atoms with E-state index in [0.717, 1.165) is 67.7 Å². The molecule has 3 aliphatic rings. The minimum Gasteiger partial charge on any atom is -0.461 e. The average molecular weight is 650 g/mol. The molecule has 3 aromatic rings. The Morgan fingerprint density at radius 3 is 2.38 bits per heavy atom. The highest BCUT2D eigenvalue weighted by Gasteiger charge is 2.48. The Bertz CT molecular complexity index is 2070. The van der Waals surface area contributed by atoms with Gasteiger partial charge in [-0.1, -0.05) is 39.2 Å². The predicted molar refractivity (Wildman–Crippen MR) is 186 cm³/mol. The first-order chi connectivity index (χ1) is 23.0. The fourth-order valence-electron chi connectivity index (χ4n) is 7.54. The van der Waals surface area contributed by atoms with E-state index in [1.807, 2.05) is 19.1 Å². The van der Waals surface area contributed by atoms with Crippen molar-refractivity contribution in [1.29, 1.82) is 0 Å². The standard InChI is InChI=1S/C38H43N5O5/c1-8-13-47-31(44)12-11-24-20(6)27-14-25-18(4)22(9-2)29(40-25)15-26-19(5)23(10-3)30(41-26)16-28-21(7)32-36(43-28)33(35(24)42-27)34(37(32)45)38(46)48-17-39/h8-9,14-16,20,24,34,40-43H,1-2,10-13,17,39H2,3-7H3/b26-15-,27-14-,30-16-,35-33-/t20-,24-,34+/m0/s1. The highest BCUT2D eigenvalue weighted by Crippen LogP contribution is 2.48. The second kappa shape index (κ2) is 12.8. The van der Waals surface area contributed by atoms with Crippen molar-refractivity contribution in [2.24, 2.45) is 23.5 Å². The Hall–Kier alpha value is -5.09. The Kier molecular flexibility index (Phi) is 8.78. The lowest BCUT2D eigenvalue weighted by molar-refractivity contribution is -0.145. The summed E-state index contributed by atoms with van der Waals surface area (Å²) in [4.78, 5) is 51.2. The maximum absolute atomic E-state index is 14.2. The van der Waals surface area contributed by atoms with Crippen molar-refractivity contribution in [3.63, 3.8) is 0 Å². The first kappa shape index (κ1) is 32.8. The summed E-state index contributed by atoms with van der Waals surface area (Å²) in [5, 5.41) is 5.53. The Labute approximate surface area is 279 Å². The molecule has 10 heteroatoms. The molecule has 8 bridgehead atoms. The zero-order valence-corrected chi connectivity index (χ0v) is 28.2. The topological polar surface area (TPSA) is 155 Å². The van der Waals surface area contributed by atoms with E-state index in [1.165, 1.54) is 6.08 Å². The van der Waals surface area contributed by atoms with Crippen LogP contribution in [0.2, 0.25) is 0 Å². The molecule has 0 aromatic carbocycles. The third-order valence-electron chi connectivity index (χ3n) is 10.1. The van der Waals surface area contributed by atoms with Crippen LogP contribution in [0.5, 0.6) is 0 Å². The SMILES string of the molecule is C=CCOC(=O)CC[C@@H]1/C2=C3/c4[nH]c(c(C)c4C(=O)[C@@H]3C(=O)OCN)/C=c3\[nH]/c(c(C)c3CC)=C\c3[nH]c(c(C)c3C=C)/C=C(\N2)[C@H]1C. The minimum atomic E-state index is -1.21. The van der Waals surface area contributed by atoms with E-state index in [1.54, 1.807) is 0 Å². The normalized spacial score (nSPS) is 23.3. The summed E-state index contributed by atoms with van der Waals surface area (Å²) in [7, 11) is 0. The van der Waals surface area contributed by atoms with E-state index in [-0.39, 0.29) is 43.3 Å². The molecule has 3 aromatic heterocycles. The molecule has 1 aliphatic carbocycles. The van der Waals surface area contributed by atoms with Crippen molar-refractivity contribution in [3.05, 3.63) is 97.5 Å². The molecular weight excluding hydrogens is 606 g/mol. The molecule has 10 nitrogen and oxygen atoms in total. The number of nitrogens with one attached hydrogen (secondary N) is 4. The zero-order valence-electron chi connectivity index (χ0n) is 28.2. The number of nitrogens with two attached hydrogens (primary N) is 1. The third-order valence-corrected chi connectivity index (χ3v) is 10.1. The van der Waals surface area contributed by atoms with Crippen LogP contribution >= 0.6 is 0 Å². The highest BCUT2D eigenvalue weighted by molar-refractivity contribution is 6.24. The molecule has 2 aliphatic heterocycles. The van der Waals surface area contributed by atoms with Gasteiger partial charge in [0.1, 0.15) is 19.3 Å². The molecule has 1 fully saturated rings. The molecule has 0 radical (unpaired) electrons. The lowest BCUT2D eigenvalue weighted by Crippen LogP contribution is -2.27. The van der Waals surface area contributed by atoms with E-state index >= 15 is 0 Å². The van der Waals surface area contributed by atoms with Crippen LogP contribution in [0.1, 0.15) is 87.6 Å². The molecule has 250 valence electrons. The molecule has 48 heavy (non-hydrogen) atoms. The van der Waals surface area contributed by atoms with E-state index in [9.17, 15) is 14.4 Å². The number of Topliss-reactive ketones (excluding diaryl/α,β-unsaturated/α-hetero) is 1. The summed E-state index contributed by atoms with van der Waals surface area (Å²) in [6.07, 6.45) is 11.0. The lowest BCUT2D eigenvalue weighted by Gasteiger charge is -2.20. The number of hydrogen-bond donors (Lipinski definition) is 5. The van der Waals surface area contributed by atoms with Crippen LogP contribution in [0.3, 0.4) is 0 Å². The smallest absolute Gasteiger partial charge is 0.322 e. The van der Waals surface area contributed by atoms with Gasteiger partial charge in [0, 0.05) is 74.1 Å². The van der Waals surface area contributed by atoms with Crippen LogP contribution in [0.4, 0.5) is 0 Å². The van der Waals surface area contributed by atoms with Crippen molar-refractivity contribution in [2.45, 2.75) is 53.9 Å². The van der Waals surface area contributed by atoms with Crippen LogP contribution in [-0.2, 0) is 25.5 Å². The first-order valence-electron chi connectivity index (χ1n) is 16.4. The van der Waals surface area contributed by atoms with Gasteiger partial charge >= 0.3 is 11.9 Å². The number of hydrogen-bond acceptors (Lipinski definition) is 7. The number of H-pyrrole nitrogens is 3. The van der Waals surface area contributed by atoms with Gasteiger partial charge in [-0.05, 0) is 74.1 Å². The van der Waals surface area contributed by atoms with Gasteiger partial charge in [-0.15, -0.1) is 0 Å². The summed E-state index contributed by atoms with van der Waals surface area (Å²) in [5.41, 5.74) is 16.4. The van der Waals surface area contributed by atoms with Gasteiger partial charge < -0.3 is 29.7 Å². The van der Waals surface area contributed by atoms with Crippen LogP contribution < -0.4 is 21.7 Å². The number of carbonyl (C=O) groups is 3. The van der Waals surface area contributed by atoms with Crippen LogP contribution in [0.15, 0.2) is 30.6 Å². The summed E-state index contributed by atoms with van der Waals surface area (Å²) >= 11 is 0. The van der Waals surface area contributed by atoms with Gasteiger partial charge in [-0.25, -0.2) is 0 Å². The fraction of sp³-hybridized carbons (Fsp3) is 0.342. The van der Waals surface area contributed by atoms with Gasteiger partial charge in [0.05, 0.1) is 5.69 Å². The molecule has 5 heterocycles. The maximum atomic E-state index is 14.2. The van der Waals surface area contributed by atoms with Crippen molar-refractivity contribution < 1.29 is 23.9 Å². The molecule has 0 spiro atoms. The highest BCUT2D eigenvalue weighted by atomic mass is 16.5. The number of rotatable bonds is 9. The number of fused-ring (bicyclic) bond motifs is 7. The summed E-state index contributed by atoms with van der Waals surface area (Å²) in [6.45, 7) is 17.8. The van der Waals surface area contributed by atoms with Crippen molar-refractivity contribution in [2.75, 3.05) is 13.3 Å². The van der Waals surface area contributed by atoms with E-state index < -0.39 is 11.9 Å². The zero-order chi connectivity index (χ0) is 34.4. The summed E-state index contributed by atoms with van der Waals surface area (Å²) < 4.78 is 10.6. The van der Waals surface area contributed by atoms with Gasteiger partial charge in [-0.3, -0.25) is 20.1 Å². The molecule has 0 unspecified atom stereocenters. The summed E-state index contributed by atoms with van der Waals surface area (Å²) in [6, 6.07) is 0. The van der Waals surface area contributed by atoms with Gasteiger partial charge in [0.2, 0.25) is 0 Å². The quantitative estimate of drug-likeness (QED) is 0.101. The van der Waals surface area contributed by atoms with Crippen molar-refractivity contribution in [1.82, 2.24) is 20.3 Å². The van der Waals surface area contributed by atoms with Gasteiger partial charge in [0.25, 0.3) is 0 Å². The third kappa shape index (κ3) is 5.30. The Morgan fingerprint density at radius 1 is 0.958 bits per heavy atom. The number of ketones is 1. The van der Waals surface area contributed by atoms with Crippen LogP contribution in [-0.4, -0.2) is 46.0 Å². The van der Waals surface area contributed by atoms with Gasteiger partial charge in [-0.2, -0.15) is 0 Å². The second-order valence-corrected chi connectivity index (χ2v) is 12.7. The Balaban J connectivity index is 1.67. The molecule has 3 atom stereocenters.